The number of piperidine rings is 1. The second-order valence-electron chi connectivity index (χ2n) is 6.81. The number of carbonyl (C=O) groups excluding carboxylic acids is 2. The first-order valence-corrected chi connectivity index (χ1v) is 8.32. The van der Waals surface area contributed by atoms with Crippen molar-refractivity contribution in [3.05, 3.63) is 0 Å². The van der Waals surface area contributed by atoms with Crippen molar-refractivity contribution >= 4 is 11.8 Å². The van der Waals surface area contributed by atoms with E-state index in [2.05, 4.69) is 24.1 Å². The fourth-order valence-electron chi connectivity index (χ4n) is 3.62. The van der Waals surface area contributed by atoms with Crippen molar-refractivity contribution in [1.82, 2.24) is 10.2 Å². The Balaban J connectivity index is 1.85. The molecule has 1 aliphatic carbocycles. The van der Waals surface area contributed by atoms with E-state index in [0.29, 0.717) is 6.04 Å². The molecule has 5 heteroatoms. The molecule has 1 aliphatic heterocycles. The predicted molar refractivity (Wildman–Crippen MR) is 82.5 cm³/mol. The first-order chi connectivity index (χ1) is 9.99. The normalized spacial score (nSPS) is 28.5. The first kappa shape index (κ1) is 16.3. The molecule has 2 fully saturated rings. The van der Waals surface area contributed by atoms with Crippen molar-refractivity contribution in [2.75, 3.05) is 13.1 Å². The quantitative estimate of drug-likeness (QED) is 0.820. The summed E-state index contributed by atoms with van der Waals surface area (Å²) >= 11 is 0. The van der Waals surface area contributed by atoms with Gasteiger partial charge in [-0.25, -0.2) is 0 Å². The average molecular weight is 295 g/mol. The van der Waals surface area contributed by atoms with Gasteiger partial charge in [-0.05, 0) is 52.6 Å². The molecule has 0 radical (unpaired) electrons. The van der Waals surface area contributed by atoms with Crippen LogP contribution in [0.4, 0.5) is 0 Å². The summed E-state index contributed by atoms with van der Waals surface area (Å²) < 4.78 is 0. The number of nitrogens with two attached hydrogens (primary N) is 1. The molecule has 2 amide bonds. The van der Waals surface area contributed by atoms with Gasteiger partial charge in [0.05, 0.1) is 5.92 Å². The molecular formula is C16H29N3O2. The monoisotopic (exact) mass is 295 g/mol. The molecule has 0 spiro atoms. The number of carbonyl (C=O) groups is 2. The van der Waals surface area contributed by atoms with Crippen molar-refractivity contribution < 1.29 is 9.59 Å². The zero-order valence-electron chi connectivity index (χ0n) is 13.3. The zero-order valence-corrected chi connectivity index (χ0v) is 13.3. The summed E-state index contributed by atoms with van der Waals surface area (Å²) in [7, 11) is 0. The number of nitrogens with zero attached hydrogens (tertiary/aromatic N) is 1. The minimum atomic E-state index is -0.269. The molecule has 2 rings (SSSR count). The number of hydrogen-bond donors (Lipinski definition) is 2. The van der Waals surface area contributed by atoms with Gasteiger partial charge in [-0.3, -0.25) is 9.59 Å². The fourth-order valence-corrected chi connectivity index (χ4v) is 3.62. The Hall–Kier alpha value is -1.10. The highest BCUT2D eigenvalue weighted by Gasteiger charge is 2.33. The summed E-state index contributed by atoms with van der Waals surface area (Å²) in [6.45, 7) is 6.36. The lowest BCUT2D eigenvalue weighted by atomic mass is 9.83. The third-order valence-electron chi connectivity index (χ3n) is 5.09. The second-order valence-corrected chi connectivity index (χ2v) is 6.81. The van der Waals surface area contributed by atoms with Gasteiger partial charge < -0.3 is 16.0 Å². The minimum absolute atomic E-state index is 0.0492. The lowest BCUT2D eigenvalue weighted by molar-refractivity contribution is -0.129. The molecule has 2 atom stereocenters. The van der Waals surface area contributed by atoms with Crippen molar-refractivity contribution in [1.29, 1.82) is 0 Å². The standard InChI is InChI=1S/C16H29N3O2/c1-11(2)19-9-7-12(8-10-19)16(21)18-14-6-4-3-5-13(14)15(17)20/h11-14H,3-10H2,1-2H3,(H2,17,20)(H,18,21). The van der Waals surface area contributed by atoms with Crippen molar-refractivity contribution in [2.24, 2.45) is 17.6 Å². The average Bonchev–Trinajstić information content (AvgIpc) is 2.47. The van der Waals surface area contributed by atoms with E-state index in [1.807, 2.05) is 0 Å². The molecule has 1 saturated heterocycles. The Kier molecular flexibility index (Phi) is 5.62. The predicted octanol–water partition coefficient (Wildman–Crippen LogP) is 1.27. The highest BCUT2D eigenvalue weighted by molar-refractivity contribution is 5.82. The van der Waals surface area contributed by atoms with Crippen LogP contribution in [0.25, 0.3) is 0 Å². The van der Waals surface area contributed by atoms with E-state index in [-0.39, 0.29) is 29.7 Å². The van der Waals surface area contributed by atoms with Crippen LogP contribution in [0.15, 0.2) is 0 Å². The SMILES string of the molecule is CC(C)N1CCC(C(=O)NC2CCCCC2C(N)=O)CC1. The molecule has 0 aromatic heterocycles. The summed E-state index contributed by atoms with van der Waals surface area (Å²) in [5.41, 5.74) is 5.47. The van der Waals surface area contributed by atoms with Gasteiger partial charge in [0.1, 0.15) is 0 Å². The molecule has 3 N–H and O–H groups in total. The number of rotatable bonds is 4. The summed E-state index contributed by atoms with van der Waals surface area (Å²) in [4.78, 5) is 26.3. The molecule has 2 unspecified atom stereocenters. The van der Waals surface area contributed by atoms with Gasteiger partial charge in [-0.15, -0.1) is 0 Å². The number of likely N-dealkylation sites (tertiary alicyclic amines) is 1. The highest BCUT2D eigenvalue weighted by Crippen LogP contribution is 2.26. The molecule has 1 saturated carbocycles. The van der Waals surface area contributed by atoms with Crippen LogP contribution in [-0.2, 0) is 9.59 Å². The molecular weight excluding hydrogens is 266 g/mol. The van der Waals surface area contributed by atoms with E-state index in [9.17, 15) is 9.59 Å². The third kappa shape index (κ3) is 4.19. The van der Waals surface area contributed by atoms with Gasteiger partial charge in [0.2, 0.25) is 11.8 Å². The second kappa shape index (κ2) is 7.25. The Bertz CT molecular complexity index is 376. The van der Waals surface area contributed by atoms with Gasteiger partial charge in [0.25, 0.3) is 0 Å². The van der Waals surface area contributed by atoms with E-state index in [0.717, 1.165) is 51.6 Å². The Morgan fingerprint density at radius 2 is 1.71 bits per heavy atom. The van der Waals surface area contributed by atoms with E-state index in [4.69, 9.17) is 5.73 Å². The number of nitrogens with one attached hydrogen (secondary N) is 1. The van der Waals surface area contributed by atoms with Gasteiger partial charge in [-0.2, -0.15) is 0 Å². The first-order valence-electron chi connectivity index (χ1n) is 8.32. The third-order valence-corrected chi connectivity index (χ3v) is 5.09. The van der Waals surface area contributed by atoms with Gasteiger partial charge in [-0.1, -0.05) is 12.8 Å². The van der Waals surface area contributed by atoms with Crippen LogP contribution < -0.4 is 11.1 Å². The Morgan fingerprint density at radius 3 is 2.29 bits per heavy atom. The van der Waals surface area contributed by atoms with Gasteiger partial charge >= 0.3 is 0 Å². The molecule has 120 valence electrons. The van der Waals surface area contributed by atoms with Crippen LogP contribution in [-0.4, -0.2) is 41.9 Å². The van der Waals surface area contributed by atoms with E-state index in [1.54, 1.807) is 0 Å². The summed E-state index contributed by atoms with van der Waals surface area (Å²) in [5, 5.41) is 3.11. The maximum absolute atomic E-state index is 12.4. The molecule has 0 bridgehead atoms. The van der Waals surface area contributed by atoms with Crippen LogP contribution in [0.2, 0.25) is 0 Å². The lowest BCUT2D eigenvalue weighted by Gasteiger charge is -2.36. The molecule has 0 aromatic carbocycles. The van der Waals surface area contributed by atoms with Crippen molar-refractivity contribution in [3.8, 4) is 0 Å². The topological polar surface area (TPSA) is 75.4 Å². The van der Waals surface area contributed by atoms with Gasteiger partial charge in [0, 0.05) is 18.0 Å². The summed E-state index contributed by atoms with van der Waals surface area (Å²) in [6, 6.07) is 0.499. The number of primary amides is 1. The molecule has 1 heterocycles. The maximum Gasteiger partial charge on any atom is 0.223 e. The molecule has 5 nitrogen and oxygen atoms in total. The maximum atomic E-state index is 12.4. The van der Waals surface area contributed by atoms with Crippen LogP contribution in [0, 0.1) is 11.8 Å². The fraction of sp³-hybridized carbons (Fsp3) is 0.875. The lowest BCUT2D eigenvalue weighted by Crippen LogP contribution is -2.50. The van der Waals surface area contributed by atoms with Crippen molar-refractivity contribution in [2.45, 2.75) is 64.5 Å². The summed E-state index contributed by atoms with van der Waals surface area (Å²) in [6.07, 6.45) is 5.62. The Labute approximate surface area is 127 Å². The van der Waals surface area contributed by atoms with E-state index in [1.165, 1.54) is 0 Å². The zero-order chi connectivity index (χ0) is 15.4. The molecule has 2 aliphatic rings. The van der Waals surface area contributed by atoms with Crippen LogP contribution >= 0.6 is 0 Å². The Morgan fingerprint density at radius 1 is 1.10 bits per heavy atom. The van der Waals surface area contributed by atoms with Crippen LogP contribution in [0.3, 0.4) is 0 Å². The molecule has 21 heavy (non-hydrogen) atoms. The van der Waals surface area contributed by atoms with Crippen LogP contribution in [0.1, 0.15) is 52.4 Å². The van der Waals surface area contributed by atoms with Crippen LogP contribution in [0.5, 0.6) is 0 Å². The van der Waals surface area contributed by atoms with Gasteiger partial charge in [0.15, 0.2) is 0 Å². The largest absolute Gasteiger partial charge is 0.369 e. The minimum Gasteiger partial charge on any atom is -0.369 e. The van der Waals surface area contributed by atoms with Crippen molar-refractivity contribution in [3.63, 3.8) is 0 Å². The van der Waals surface area contributed by atoms with E-state index >= 15 is 0 Å². The number of amides is 2. The molecule has 0 aromatic rings. The number of hydrogen-bond acceptors (Lipinski definition) is 3. The highest BCUT2D eigenvalue weighted by atomic mass is 16.2. The smallest absolute Gasteiger partial charge is 0.223 e. The van der Waals surface area contributed by atoms with E-state index < -0.39 is 0 Å². The summed E-state index contributed by atoms with van der Waals surface area (Å²) in [5.74, 6) is -0.236.